The highest BCUT2D eigenvalue weighted by Crippen LogP contribution is 2.39. The molecule has 0 aromatic carbocycles. The minimum absolute atomic E-state index is 0.00612. The van der Waals surface area contributed by atoms with Crippen LogP contribution in [0.15, 0.2) is 0 Å². The summed E-state index contributed by atoms with van der Waals surface area (Å²) < 4.78 is 0. The number of aliphatic carboxylic acids is 1. The van der Waals surface area contributed by atoms with Crippen LogP contribution < -0.4 is 5.32 Å². The van der Waals surface area contributed by atoms with Gasteiger partial charge in [0.05, 0.1) is 11.8 Å². The van der Waals surface area contributed by atoms with Crippen molar-refractivity contribution in [3.63, 3.8) is 0 Å². The first-order chi connectivity index (χ1) is 9.08. The maximum Gasteiger partial charge on any atom is 0.307 e. The van der Waals surface area contributed by atoms with Crippen molar-refractivity contribution in [3.05, 3.63) is 0 Å². The molecule has 4 atom stereocenters. The van der Waals surface area contributed by atoms with Crippen molar-refractivity contribution in [2.45, 2.75) is 44.2 Å². The van der Waals surface area contributed by atoms with Gasteiger partial charge in [-0.25, -0.2) is 0 Å². The second-order valence-corrected chi connectivity index (χ2v) is 5.77. The predicted molar refractivity (Wildman–Crippen MR) is 65.1 cm³/mol. The molecule has 2 amide bonds. The first kappa shape index (κ1) is 12.4. The lowest BCUT2D eigenvalue weighted by molar-refractivity contribution is -0.158. The summed E-state index contributed by atoms with van der Waals surface area (Å²) in [5.74, 6) is -1.84. The molecule has 0 aromatic rings. The molecule has 3 rings (SSSR count). The van der Waals surface area contributed by atoms with Crippen LogP contribution in [0.2, 0.25) is 0 Å². The number of carbonyl (C=O) groups excluding carboxylic acids is 2. The van der Waals surface area contributed by atoms with Crippen LogP contribution in [0.5, 0.6) is 0 Å². The zero-order chi connectivity index (χ0) is 13.6. The second kappa shape index (κ2) is 4.51. The summed E-state index contributed by atoms with van der Waals surface area (Å²) in [6.07, 6.45) is 3.36. The Hall–Kier alpha value is -1.59. The summed E-state index contributed by atoms with van der Waals surface area (Å²) in [7, 11) is 0. The molecule has 2 aliphatic heterocycles. The molecular weight excluding hydrogens is 248 g/mol. The maximum absolute atomic E-state index is 12.5. The number of carbonyl (C=O) groups is 3. The number of hydrogen-bond donors (Lipinski definition) is 2. The van der Waals surface area contributed by atoms with Crippen molar-refractivity contribution in [1.82, 2.24) is 10.2 Å². The lowest BCUT2D eigenvalue weighted by Crippen LogP contribution is -2.51. The number of carboxylic acid groups (broad SMARTS) is 1. The van der Waals surface area contributed by atoms with Gasteiger partial charge in [-0.3, -0.25) is 14.4 Å². The third-order valence-corrected chi connectivity index (χ3v) is 4.74. The van der Waals surface area contributed by atoms with E-state index in [0.29, 0.717) is 25.8 Å². The molecule has 6 nitrogen and oxygen atoms in total. The van der Waals surface area contributed by atoms with Crippen LogP contribution in [0.4, 0.5) is 0 Å². The van der Waals surface area contributed by atoms with Crippen LogP contribution in [0.1, 0.15) is 32.1 Å². The fourth-order valence-corrected chi connectivity index (χ4v) is 3.52. The van der Waals surface area contributed by atoms with E-state index < -0.39 is 11.9 Å². The van der Waals surface area contributed by atoms with Crippen molar-refractivity contribution in [3.8, 4) is 0 Å². The highest BCUT2D eigenvalue weighted by atomic mass is 16.4. The van der Waals surface area contributed by atoms with E-state index in [0.717, 1.165) is 12.8 Å². The Balaban J connectivity index is 1.76. The lowest BCUT2D eigenvalue weighted by Gasteiger charge is -2.38. The van der Waals surface area contributed by atoms with E-state index in [1.165, 1.54) is 0 Å². The molecular formula is C13H18N2O4. The standard InChI is InChI=1S/C13H18N2O4/c16-11-5-7-1-2-8(6-14-11)15(7)12(17)9-3-4-10(9)13(18)19/h7-10H,1-6H2,(H,14,16)(H,18,19). The average Bonchev–Trinajstić information content (AvgIpc) is 2.57. The summed E-state index contributed by atoms with van der Waals surface area (Å²) in [6.45, 7) is 0.505. The van der Waals surface area contributed by atoms with Crippen molar-refractivity contribution < 1.29 is 19.5 Å². The minimum atomic E-state index is -0.874. The highest BCUT2D eigenvalue weighted by Gasteiger charge is 2.48. The molecule has 2 N–H and O–H groups in total. The molecule has 1 saturated carbocycles. The van der Waals surface area contributed by atoms with Gasteiger partial charge < -0.3 is 15.3 Å². The molecule has 0 spiro atoms. The van der Waals surface area contributed by atoms with Crippen LogP contribution in [0.3, 0.4) is 0 Å². The number of fused-ring (bicyclic) bond motifs is 2. The summed E-state index contributed by atoms with van der Waals surface area (Å²) >= 11 is 0. The summed E-state index contributed by atoms with van der Waals surface area (Å²) in [5.41, 5.74) is 0. The molecule has 6 heteroatoms. The van der Waals surface area contributed by atoms with Gasteiger partial charge in [0.25, 0.3) is 0 Å². The van der Waals surface area contributed by atoms with E-state index in [2.05, 4.69) is 5.32 Å². The number of nitrogens with zero attached hydrogens (tertiary/aromatic N) is 1. The molecule has 3 aliphatic rings. The molecule has 4 unspecified atom stereocenters. The number of amides is 2. The van der Waals surface area contributed by atoms with Gasteiger partial charge in [-0.1, -0.05) is 0 Å². The Morgan fingerprint density at radius 1 is 1.11 bits per heavy atom. The zero-order valence-corrected chi connectivity index (χ0v) is 10.7. The molecule has 2 bridgehead atoms. The maximum atomic E-state index is 12.5. The Morgan fingerprint density at radius 2 is 1.79 bits per heavy atom. The monoisotopic (exact) mass is 266 g/mol. The van der Waals surface area contributed by atoms with Gasteiger partial charge in [-0.05, 0) is 25.7 Å². The molecule has 0 radical (unpaired) electrons. The number of rotatable bonds is 2. The molecule has 19 heavy (non-hydrogen) atoms. The fraction of sp³-hybridized carbons (Fsp3) is 0.769. The van der Waals surface area contributed by atoms with Crippen LogP contribution in [0.25, 0.3) is 0 Å². The van der Waals surface area contributed by atoms with Crippen molar-refractivity contribution in [2.24, 2.45) is 11.8 Å². The minimum Gasteiger partial charge on any atom is -0.481 e. The topological polar surface area (TPSA) is 86.7 Å². The summed E-state index contributed by atoms with van der Waals surface area (Å²) in [6, 6.07) is 0.0223. The molecule has 104 valence electrons. The van der Waals surface area contributed by atoms with E-state index in [4.69, 9.17) is 5.11 Å². The van der Waals surface area contributed by atoms with Gasteiger partial charge in [0.15, 0.2) is 0 Å². The second-order valence-electron chi connectivity index (χ2n) is 5.77. The Morgan fingerprint density at radius 3 is 2.42 bits per heavy atom. The van der Waals surface area contributed by atoms with Gasteiger partial charge >= 0.3 is 5.97 Å². The third kappa shape index (κ3) is 1.99. The fourth-order valence-electron chi connectivity index (χ4n) is 3.52. The molecule has 2 saturated heterocycles. The van der Waals surface area contributed by atoms with Gasteiger partial charge in [0.1, 0.15) is 0 Å². The first-order valence-corrected chi connectivity index (χ1v) is 6.89. The molecule has 0 aromatic heterocycles. The van der Waals surface area contributed by atoms with Gasteiger partial charge in [0, 0.05) is 25.0 Å². The summed E-state index contributed by atoms with van der Waals surface area (Å²) in [4.78, 5) is 36.9. The average molecular weight is 266 g/mol. The van der Waals surface area contributed by atoms with E-state index in [1.807, 2.05) is 0 Å². The highest BCUT2D eigenvalue weighted by molar-refractivity contribution is 5.88. The molecule has 3 fully saturated rings. The Labute approximate surface area is 111 Å². The van der Waals surface area contributed by atoms with Crippen molar-refractivity contribution in [1.29, 1.82) is 0 Å². The largest absolute Gasteiger partial charge is 0.481 e. The first-order valence-electron chi connectivity index (χ1n) is 6.89. The Kier molecular flexibility index (Phi) is 2.95. The van der Waals surface area contributed by atoms with Gasteiger partial charge in [-0.15, -0.1) is 0 Å². The van der Waals surface area contributed by atoms with E-state index in [1.54, 1.807) is 4.90 Å². The van der Waals surface area contributed by atoms with Gasteiger partial charge in [-0.2, -0.15) is 0 Å². The third-order valence-electron chi connectivity index (χ3n) is 4.74. The number of hydrogen-bond acceptors (Lipinski definition) is 3. The molecule has 2 heterocycles. The zero-order valence-electron chi connectivity index (χ0n) is 10.7. The Bertz CT molecular complexity index is 436. The predicted octanol–water partition coefficient (Wildman–Crippen LogP) is -0.0233. The quantitative estimate of drug-likeness (QED) is 0.735. The number of nitrogens with one attached hydrogen (secondary N) is 1. The summed E-state index contributed by atoms with van der Waals surface area (Å²) in [5, 5.41) is 11.9. The smallest absolute Gasteiger partial charge is 0.307 e. The van der Waals surface area contributed by atoms with E-state index in [9.17, 15) is 14.4 Å². The molecule has 1 aliphatic carbocycles. The van der Waals surface area contributed by atoms with Crippen LogP contribution in [-0.4, -0.2) is 46.4 Å². The SMILES string of the molecule is O=C1CC2CCC(CN1)N2C(=O)C1CCC1C(=O)O. The number of carboxylic acids is 1. The van der Waals surface area contributed by atoms with Gasteiger partial charge in [0.2, 0.25) is 11.8 Å². The van der Waals surface area contributed by atoms with Crippen molar-refractivity contribution >= 4 is 17.8 Å². The normalized spacial score (nSPS) is 37.3. The lowest BCUT2D eigenvalue weighted by atomic mass is 9.72. The van der Waals surface area contributed by atoms with E-state index >= 15 is 0 Å². The van der Waals surface area contributed by atoms with Crippen LogP contribution in [-0.2, 0) is 14.4 Å². The van der Waals surface area contributed by atoms with Crippen LogP contribution >= 0.6 is 0 Å². The van der Waals surface area contributed by atoms with Crippen LogP contribution in [0, 0.1) is 11.8 Å². The van der Waals surface area contributed by atoms with Crippen molar-refractivity contribution in [2.75, 3.05) is 6.54 Å². The van der Waals surface area contributed by atoms with E-state index in [-0.39, 0.29) is 29.8 Å².